The van der Waals surface area contributed by atoms with Crippen LogP contribution in [-0.4, -0.2) is 32.5 Å². The van der Waals surface area contributed by atoms with Crippen LogP contribution in [0.4, 0.5) is 18.9 Å². The fourth-order valence-electron chi connectivity index (χ4n) is 4.21. The van der Waals surface area contributed by atoms with E-state index in [4.69, 9.17) is 0 Å². The number of nitrogens with one attached hydrogen (secondary N) is 2. The van der Waals surface area contributed by atoms with Gasteiger partial charge in [0.1, 0.15) is 11.8 Å². The number of carbonyl (C=O) groups is 3. The van der Waals surface area contributed by atoms with Gasteiger partial charge in [0, 0.05) is 28.9 Å². The minimum Gasteiger partial charge on any atom is -0.325 e. The number of aromatic nitrogens is 2. The van der Waals surface area contributed by atoms with Gasteiger partial charge in [-0.05, 0) is 29.8 Å². The zero-order chi connectivity index (χ0) is 24.9. The second kappa shape index (κ2) is 8.64. The minimum atomic E-state index is -4.57. The van der Waals surface area contributed by atoms with Gasteiger partial charge in [-0.3, -0.25) is 34.0 Å². The van der Waals surface area contributed by atoms with Crippen molar-refractivity contribution in [3.63, 3.8) is 0 Å². The van der Waals surface area contributed by atoms with Gasteiger partial charge in [0.05, 0.1) is 16.5 Å². The number of imide groups is 1. The number of anilines is 1. The molecule has 3 aromatic rings. The summed E-state index contributed by atoms with van der Waals surface area (Å²) in [6, 6.07) is 7.60. The number of benzene rings is 1. The molecule has 3 amide bonds. The lowest BCUT2D eigenvalue weighted by atomic mass is 9.84. The molecular weight excluding hydrogens is 505 g/mol. The molecule has 1 aromatic carbocycles. The van der Waals surface area contributed by atoms with Crippen LogP contribution in [0.3, 0.4) is 0 Å². The maximum absolute atomic E-state index is 13.0. The van der Waals surface area contributed by atoms with Crippen molar-refractivity contribution in [2.24, 2.45) is 5.92 Å². The Morgan fingerprint density at radius 2 is 1.94 bits per heavy atom. The van der Waals surface area contributed by atoms with Crippen molar-refractivity contribution >= 4 is 46.5 Å². The Morgan fingerprint density at radius 3 is 2.66 bits per heavy atom. The molecule has 5 rings (SSSR count). The highest BCUT2D eigenvalue weighted by Gasteiger charge is 2.52. The molecule has 2 unspecified atom stereocenters. The monoisotopic (exact) mass is 520 g/mol. The number of nitrogens with zero attached hydrogens (tertiary/aromatic N) is 2. The highest BCUT2D eigenvalue weighted by Crippen LogP contribution is 2.51. The molecular formula is C22H15F3N4O4S2. The Bertz CT molecular complexity index is 1400. The average molecular weight is 521 g/mol. The Balaban J connectivity index is 1.48. The van der Waals surface area contributed by atoms with Crippen molar-refractivity contribution in [3.05, 3.63) is 74.5 Å². The van der Waals surface area contributed by atoms with Crippen molar-refractivity contribution in [1.82, 2.24) is 14.9 Å². The largest absolute Gasteiger partial charge is 0.416 e. The smallest absolute Gasteiger partial charge is 0.325 e. The molecule has 2 N–H and O–H groups in total. The second-order valence-electron chi connectivity index (χ2n) is 7.93. The lowest BCUT2D eigenvalue weighted by molar-refractivity contribution is -0.137. The summed E-state index contributed by atoms with van der Waals surface area (Å²) in [5.41, 5.74) is -0.336. The zero-order valence-corrected chi connectivity index (χ0v) is 19.2. The molecule has 2 aromatic heterocycles. The molecule has 1 saturated heterocycles. The number of carbonyl (C=O) groups excluding carboxylic acids is 3. The zero-order valence-electron chi connectivity index (χ0n) is 17.5. The summed E-state index contributed by atoms with van der Waals surface area (Å²) in [7, 11) is 0. The minimum absolute atomic E-state index is 0.0660. The van der Waals surface area contributed by atoms with Gasteiger partial charge >= 0.3 is 11.0 Å². The van der Waals surface area contributed by atoms with Crippen LogP contribution in [-0.2, 0) is 27.1 Å². The molecule has 35 heavy (non-hydrogen) atoms. The van der Waals surface area contributed by atoms with Crippen molar-refractivity contribution in [1.29, 1.82) is 0 Å². The molecule has 4 heterocycles. The van der Waals surface area contributed by atoms with Crippen LogP contribution in [0.2, 0.25) is 0 Å². The number of fused-ring (bicyclic) bond motifs is 2. The van der Waals surface area contributed by atoms with Crippen LogP contribution in [0, 0.1) is 5.92 Å². The van der Waals surface area contributed by atoms with Crippen LogP contribution in [0.5, 0.6) is 0 Å². The van der Waals surface area contributed by atoms with Crippen molar-refractivity contribution < 1.29 is 27.6 Å². The number of amides is 3. The van der Waals surface area contributed by atoms with Gasteiger partial charge < -0.3 is 5.32 Å². The molecule has 8 nitrogen and oxygen atoms in total. The fourth-order valence-corrected chi connectivity index (χ4v) is 6.95. The lowest BCUT2D eigenvalue weighted by Gasteiger charge is -2.30. The van der Waals surface area contributed by atoms with Crippen molar-refractivity contribution in [2.75, 3.05) is 5.32 Å². The molecule has 2 aliphatic heterocycles. The summed E-state index contributed by atoms with van der Waals surface area (Å²) >= 11 is 1.90. The highest BCUT2D eigenvalue weighted by molar-refractivity contribution is 8.00. The van der Waals surface area contributed by atoms with E-state index in [0.29, 0.717) is 15.5 Å². The predicted octanol–water partition coefficient (Wildman–Crippen LogP) is 2.84. The first-order valence-corrected chi connectivity index (χ1v) is 11.9. The molecule has 0 bridgehead atoms. The van der Waals surface area contributed by atoms with E-state index >= 15 is 0 Å². The molecule has 2 aliphatic rings. The molecule has 3 atom stereocenters. The fraction of sp³-hybridized carbons (Fsp3) is 0.227. The van der Waals surface area contributed by atoms with Crippen LogP contribution in [0.15, 0.2) is 58.6 Å². The van der Waals surface area contributed by atoms with Crippen LogP contribution >= 0.6 is 23.1 Å². The number of rotatable bonds is 4. The van der Waals surface area contributed by atoms with Gasteiger partial charge in [0.2, 0.25) is 17.7 Å². The first-order chi connectivity index (χ1) is 16.6. The normalized spacial score (nSPS) is 21.3. The number of thioether (sulfide) groups is 1. The van der Waals surface area contributed by atoms with E-state index in [2.05, 4.69) is 15.6 Å². The Morgan fingerprint density at radius 1 is 1.14 bits per heavy atom. The van der Waals surface area contributed by atoms with E-state index in [0.717, 1.165) is 35.2 Å². The van der Waals surface area contributed by atoms with Gasteiger partial charge in [-0.25, -0.2) is 0 Å². The molecule has 0 saturated carbocycles. The summed E-state index contributed by atoms with van der Waals surface area (Å²) in [6.45, 7) is -0.472. The van der Waals surface area contributed by atoms with Crippen LogP contribution < -0.4 is 15.5 Å². The molecule has 0 spiro atoms. The van der Waals surface area contributed by atoms with Gasteiger partial charge in [-0.1, -0.05) is 35.2 Å². The maximum Gasteiger partial charge on any atom is 0.416 e. The number of hydrogen-bond acceptors (Lipinski definition) is 7. The molecule has 13 heteroatoms. The highest BCUT2D eigenvalue weighted by atomic mass is 32.2. The second-order valence-corrected chi connectivity index (χ2v) is 10.1. The van der Waals surface area contributed by atoms with Crippen molar-refractivity contribution in [3.8, 4) is 0 Å². The molecule has 180 valence electrons. The van der Waals surface area contributed by atoms with Crippen LogP contribution in [0.25, 0.3) is 0 Å². The number of alkyl halides is 3. The third kappa shape index (κ3) is 4.25. The average Bonchev–Trinajstić information content (AvgIpc) is 3.27. The van der Waals surface area contributed by atoms with Gasteiger partial charge in [-0.2, -0.15) is 13.2 Å². The number of pyridine rings is 1. The van der Waals surface area contributed by atoms with E-state index in [1.165, 1.54) is 16.7 Å². The topological polar surface area (TPSA) is 110 Å². The summed E-state index contributed by atoms with van der Waals surface area (Å²) < 4.78 is 40.1. The third-order valence-electron chi connectivity index (χ3n) is 5.71. The summed E-state index contributed by atoms with van der Waals surface area (Å²) in [6.07, 6.45) is -1.45. The summed E-state index contributed by atoms with van der Waals surface area (Å²) in [4.78, 5) is 54.8. The first kappa shape index (κ1) is 23.3. The summed E-state index contributed by atoms with van der Waals surface area (Å²) in [5, 5.41) is 4.30. The number of halogens is 3. The molecule has 0 aliphatic carbocycles. The number of hydrogen-bond donors (Lipinski definition) is 2. The Hall–Kier alpha value is -3.45. The van der Waals surface area contributed by atoms with Crippen LogP contribution in [0.1, 0.15) is 21.9 Å². The standard InChI is InChI=1S/C22H15F3N4O4S2/c23-22(24,25)11-4-1-5-12(7-11)27-13(30)9-29-20-17(35-21(29)33)14(10-3-2-6-26-8-10)15-16(34-20)19(32)28-18(15)31/h1-8,14-16H,9H2,(H,27,30)(H,28,31,32)/t14-,15?,16?/m0/s1. The van der Waals surface area contributed by atoms with E-state index in [1.807, 2.05) is 0 Å². The summed E-state index contributed by atoms with van der Waals surface area (Å²) in [5.74, 6) is -2.99. The van der Waals surface area contributed by atoms with E-state index in [1.54, 1.807) is 24.5 Å². The molecule has 0 radical (unpaired) electrons. The molecule has 1 fully saturated rings. The number of thiazole rings is 1. The Labute approximate surface area is 203 Å². The van der Waals surface area contributed by atoms with Gasteiger partial charge in [-0.15, -0.1) is 0 Å². The SMILES string of the molecule is O=C(Cn1c2c(sc1=O)[C@@H](c1cccnc1)C1C(=O)NC(=O)C1S2)Nc1cccc(C(F)(F)F)c1. The lowest BCUT2D eigenvalue weighted by Crippen LogP contribution is -2.32. The van der Waals surface area contributed by atoms with E-state index in [-0.39, 0.29) is 5.69 Å². The maximum atomic E-state index is 13.0. The van der Waals surface area contributed by atoms with Gasteiger partial charge in [0.25, 0.3) is 0 Å². The van der Waals surface area contributed by atoms with Gasteiger partial charge in [0.15, 0.2) is 0 Å². The first-order valence-electron chi connectivity index (χ1n) is 10.3. The predicted molar refractivity (Wildman–Crippen MR) is 121 cm³/mol. The van der Waals surface area contributed by atoms with E-state index < -0.39 is 58.0 Å². The Kier molecular flexibility index (Phi) is 5.75. The van der Waals surface area contributed by atoms with Crippen molar-refractivity contribution in [2.45, 2.75) is 28.9 Å². The third-order valence-corrected chi connectivity index (χ3v) is 8.32. The quantitative estimate of drug-likeness (QED) is 0.512. The van der Waals surface area contributed by atoms with E-state index in [9.17, 15) is 32.3 Å².